The van der Waals surface area contributed by atoms with E-state index in [2.05, 4.69) is 13.2 Å². The number of hydrogen-bond acceptors (Lipinski definition) is 5. The van der Waals surface area contributed by atoms with E-state index in [1.54, 1.807) is 12.2 Å². The molecule has 3 aromatic carbocycles. The molecule has 6 heteroatoms. The lowest BCUT2D eigenvalue weighted by Gasteiger charge is -2.18. The summed E-state index contributed by atoms with van der Waals surface area (Å²) >= 11 is -2.85. The van der Waals surface area contributed by atoms with Gasteiger partial charge in [-0.2, -0.15) is 0 Å². The number of para-hydroxylation sites is 2. The first-order valence-corrected chi connectivity index (χ1v) is 13.7. The summed E-state index contributed by atoms with van der Waals surface area (Å²) in [6.07, 6.45) is 5.45. The van der Waals surface area contributed by atoms with Gasteiger partial charge < -0.3 is 11.4 Å². The molecule has 5 rings (SSSR count). The topological polar surface area (TPSA) is 53.5 Å². The van der Waals surface area contributed by atoms with Crippen LogP contribution in [-0.2, 0) is 0 Å². The van der Waals surface area contributed by atoms with E-state index in [-0.39, 0.29) is 0 Å². The fourth-order valence-electron chi connectivity index (χ4n) is 4.15. The van der Waals surface area contributed by atoms with E-state index < -0.39 is 15.1 Å². The van der Waals surface area contributed by atoms with Crippen molar-refractivity contribution in [2.24, 2.45) is 0 Å². The second-order valence-electron chi connectivity index (χ2n) is 8.79. The van der Waals surface area contributed by atoms with E-state index in [1.807, 2.05) is 105 Å². The van der Waals surface area contributed by atoms with Gasteiger partial charge in [-0.15, -0.1) is 0 Å². The first-order chi connectivity index (χ1) is 18.5. The molecule has 186 valence electrons. The molecule has 0 fully saturated rings. The average molecular weight is 515 g/mol. The van der Waals surface area contributed by atoms with Crippen molar-refractivity contribution >= 4 is 42.5 Å². The highest BCUT2D eigenvalue weighted by molar-refractivity contribution is 6.40. The van der Waals surface area contributed by atoms with Gasteiger partial charge in [0.1, 0.15) is 22.5 Å². The van der Waals surface area contributed by atoms with Crippen molar-refractivity contribution in [3.8, 4) is 17.2 Å². The molecule has 0 amide bonds. The summed E-state index contributed by atoms with van der Waals surface area (Å²) in [6, 6.07) is 27.5. The number of aromatic nitrogens is 2. The summed E-state index contributed by atoms with van der Waals surface area (Å²) in [6.45, 7) is 11.6. The highest BCUT2D eigenvalue weighted by Crippen LogP contribution is 2.29. The van der Waals surface area contributed by atoms with Crippen molar-refractivity contribution in [2.45, 2.75) is 13.8 Å². The summed E-state index contributed by atoms with van der Waals surface area (Å²) in [7, 11) is 0. The lowest BCUT2D eigenvalue weighted by Crippen LogP contribution is -2.37. The Morgan fingerprint density at radius 3 is 1.74 bits per heavy atom. The lowest BCUT2D eigenvalue weighted by molar-refractivity contribution is 0.310. The number of fused-ring (bicyclic) bond motifs is 2. The highest BCUT2D eigenvalue weighted by Gasteiger charge is 2.45. The van der Waals surface area contributed by atoms with Gasteiger partial charge >= 0.3 is 15.1 Å². The fourth-order valence-corrected chi connectivity index (χ4v) is 5.47. The van der Waals surface area contributed by atoms with Gasteiger partial charge in [-0.25, -0.2) is 9.97 Å². The normalized spacial score (nSPS) is 11.3. The average Bonchev–Trinajstić information content (AvgIpc) is 2.93. The number of nitrogens with zero attached hydrogens (tertiary/aromatic N) is 2. The molecular weight excluding hydrogens is 487 g/mol. The van der Waals surface area contributed by atoms with Crippen LogP contribution in [-0.4, -0.2) is 25.1 Å². The third-order valence-electron chi connectivity index (χ3n) is 6.03. The van der Waals surface area contributed by atoms with Crippen LogP contribution in [0.2, 0.25) is 0 Å². The third-order valence-corrected chi connectivity index (χ3v) is 7.39. The Morgan fingerprint density at radius 1 is 0.684 bits per heavy atom. The number of hydrogen-bond donors (Lipinski definition) is 0. The Hall–Kier alpha value is -4.37. The van der Waals surface area contributed by atoms with Crippen LogP contribution < -0.4 is 11.4 Å². The molecule has 2 heterocycles. The fraction of sp³-hybridized carbons (Fsp3) is 0.0625. The van der Waals surface area contributed by atoms with Crippen LogP contribution in [0.15, 0.2) is 116 Å². The zero-order chi connectivity index (χ0) is 26.5. The summed E-state index contributed by atoms with van der Waals surface area (Å²) < 4.78 is 19.3. The molecule has 2 aromatic heterocycles. The predicted molar refractivity (Wildman–Crippen MR) is 155 cm³/mol. The molecule has 38 heavy (non-hydrogen) atoms. The van der Waals surface area contributed by atoms with Crippen LogP contribution in [0.4, 0.5) is 0 Å². The second-order valence-corrected chi connectivity index (χ2v) is 10.1. The molecule has 5 nitrogen and oxygen atoms in total. The number of rotatable bonds is 9. The maximum Gasteiger partial charge on any atom is 1.20 e. The van der Waals surface area contributed by atoms with Gasteiger partial charge in [0.15, 0.2) is 0 Å². The maximum absolute atomic E-state index is 6.47. The van der Waals surface area contributed by atoms with Crippen LogP contribution >= 0.6 is 0 Å². The lowest BCUT2D eigenvalue weighted by atomic mass is 10.1. The van der Waals surface area contributed by atoms with Crippen molar-refractivity contribution < 1.29 is 11.4 Å². The summed E-state index contributed by atoms with van der Waals surface area (Å²) in [5.74, 6) is 1.87. The first-order valence-electron chi connectivity index (χ1n) is 12.3. The second kappa shape index (κ2) is 11.4. The van der Waals surface area contributed by atoms with E-state index >= 15 is 0 Å². The Morgan fingerprint density at radius 2 is 1.24 bits per heavy atom. The van der Waals surface area contributed by atoms with Crippen molar-refractivity contribution in [3.05, 3.63) is 133 Å². The molecule has 0 spiro atoms. The largest absolute Gasteiger partial charge is 1.20 e. The summed E-state index contributed by atoms with van der Waals surface area (Å²) in [5.41, 5.74) is 5.33. The van der Waals surface area contributed by atoms with Crippen molar-refractivity contribution in [1.82, 2.24) is 9.97 Å². The Balaban J connectivity index is 1.51. The minimum Gasteiger partial charge on any atom is -0.577 e. The monoisotopic (exact) mass is 514 g/mol. The molecule has 0 aliphatic carbocycles. The summed E-state index contributed by atoms with van der Waals surface area (Å²) in [5, 5.41) is 1.97. The zero-order valence-electron chi connectivity index (χ0n) is 21.4. The quantitative estimate of drug-likeness (QED) is 0.149. The number of aryl methyl sites for hydroxylation is 2. The van der Waals surface area contributed by atoms with Crippen molar-refractivity contribution in [3.63, 3.8) is 0 Å². The predicted octanol–water partition coefficient (Wildman–Crippen LogP) is 7.68. The molecular formula is C32H27AlN2O3. The third kappa shape index (κ3) is 5.63. The highest BCUT2D eigenvalue weighted by atomic mass is 27.3. The van der Waals surface area contributed by atoms with Crippen LogP contribution in [0, 0.1) is 13.8 Å². The van der Waals surface area contributed by atoms with Crippen LogP contribution in [0.3, 0.4) is 0 Å². The minimum atomic E-state index is -2.85. The van der Waals surface area contributed by atoms with Crippen molar-refractivity contribution in [1.29, 1.82) is 0 Å². The maximum atomic E-state index is 6.47. The van der Waals surface area contributed by atoms with E-state index in [0.717, 1.165) is 44.3 Å². The number of benzene rings is 3. The van der Waals surface area contributed by atoms with Crippen LogP contribution in [0.25, 0.3) is 27.4 Å². The van der Waals surface area contributed by atoms with Gasteiger partial charge in [-0.05, 0) is 61.4 Å². The minimum absolute atomic E-state index is 0.617. The van der Waals surface area contributed by atoms with Gasteiger partial charge in [0.25, 0.3) is 0 Å². The van der Waals surface area contributed by atoms with Gasteiger partial charge in [-0.1, -0.05) is 79.9 Å². The van der Waals surface area contributed by atoms with Gasteiger partial charge in [0.2, 0.25) is 0 Å². The van der Waals surface area contributed by atoms with Crippen molar-refractivity contribution in [2.75, 3.05) is 0 Å². The molecule has 0 aliphatic heterocycles. The van der Waals surface area contributed by atoms with Gasteiger partial charge in [0, 0.05) is 22.2 Å². The molecule has 0 saturated carbocycles. The molecule has 0 aliphatic rings. The molecule has 5 aromatic rings. The van der Waals surface area contributed by atoms with E-state index in [9.17, 15) is 0 Å². The van der Waals surface area contributed by atoms with E-state index in [0.29, 0.717) is 17.2 Å². The standard InChI is InChI=1S/C12H12O.2C10H9NO.Al/c1-3-5-10(4-2)11-6-8-12(13)9-7-11;2*1-7-5-6-8-3-2-4-9(12)10(8)11-7;/h3-9,13H,1-2H2;2*2-6,12H,1H3;/q;;;+3/p-3/b10-5+;;;. The Kier molecular flexibility index (Phi) is 7.55. The van der Waals surface area contributed by atoms with Gasteiger partial charge in [0.05, 0.1) is 5.75 Å². The molecule has 0 unspecified atom stereocenters. The Bertz CT molecular complexity index is 1570. The molecule has 0 bridgehead atoms. The SMILES string of the molecule is C=C/C=C(\C=C)c1ccc([O][Al]([O]c2cccc3ccc(C)nc23)[O]c2cccc3ccc(C)nc23)cc1. The van der Waals surface area contributed by atoms with Gasteiger partial charge in [-0.3, -0.25) is 0 Å². The Labute approximate surface area is 227 Å². The smallest absolute Gasteiger partial charge is 0.577 e. The molecule has 0 radical (unpaired) electrons. The summed E-state index contributed by atoms with van der Waals surface area (Å²) in [4.78, 5) is 9.42. The van der Waals surface area contributed by atoms with E-state index in [1.165, 1.54) is 0 Å². The number of pyridine rings is 2. The molecule has 0 atom stereocenters. The number of allylic oxidation sites excluding steroid dienone is 4. The molecule has 0 N–H and O–H groups in total. The van der Waals surface area contributed by atoms with E-state index in [4.69, 9.17) is 21.3 Å². The van der Waals surface area contributed by atoms with Crippen LogP contribution in [0.1, 0.15) is 17.0 Å². The first kappa shape index (κ1) is 25.3. The van der Waals surface area contributed by atoms with Crippen LogP contribution in [0.5, 0.6) is 17.2 Å². The molecule has 0 saturated heterocycles. The zero-order valence-corrected chi connectivity index (χ0v) is 22.6.